The van der Waals surface area contributed by atoms with Gasteiger partial charge in [0.25, 0.3) is 0 Å². The van der Waals surface area contributed by atoms with Crippen LogP contribution in [0.25, 0.3) is 5.69 Å². The van der Waals surface area contributed by atoms with Crippen LogP contribution in [0.3, 0.4) is 0 Å². The molecule has 0 radical (unpaired) electrons. The quantitative estimate of drug-likeness (QED) is 0.883. The summed E-state index contributed by atoms with van der Waals surface area (Å²) in [6, 6.07) is 11.2. The standard InChI is InChI=1S/C14H18FN3/c1-2-9-14(15,11-16)13-8-10-17-18(13)12-6-4-3-5-7-12/h3-8,10H,2,9,11,16H2,1H3. The fourth-order valence-corrected chi connectivity index (χ4v) is 2.15. The van der Waals surface area contributed by atoms with E-state index in [4.69, 9.17) is 5.73 Å². The molecule has 0 fully saturated rings. The highest BCUT2D eigenvalue weighted by atomic mass is 19.1. The van der Waals surface area contributed by atoms with Gasteiger partial charge in [-0.15, -0.1) is 0 Å². The van der Waals surface area contributed by atoms with Crippen LogP contribution in [-0.4, -0.2) is 16.3 Å². The minimum atomic E-state index is -1.51. The van der Waals surface area contributed by atoms with Crippen molar-refractivity contribution in [3.8, 4) is 5.69 Å². The van der Waals surface area contributed by atoms with Crippen molar-refractivity contribution in [2.45, 2.75) is 25.4 Å². The smallest absolute Gasteiger partial charge is 0.164 e. The highest BCUT2D eigenvalue weighted by Gasteiger charge is 2.33. The van der Waals surface area contributed by atoms with Gasteiger partial charge in [0.05, 0.1) is 11.4 Å². The van der Waals surface area contributed by atoms with E-state index in [1.54, 1.807) is 16.9 Å². The second kappa shape index (κ2) is 5.31. The van der Waals surface area contributed by atoms with Crippen LogP contribution in [-0.2, 0) is 5.67 Å². The Hall–Kier alpha value is -1.68. The van der Waals surface area contributed by atoms with Gasteiger partial charge in [-0.3, -0.25) is 0 Å². The molecule has 2 rings (SSSR count). The summed E-state index contributed by atoms with van der Waals surface area (Å²) in [5, 5.41) is 4.20. The molecule has 18 heavy (non-hydrogen) atoms. The van der Waals surface area contributed by atoms with Crippen molar-refractivity contribution in [1.29, 1.82) is 0 Å². The predicted octanol–water partition coefficient (Wildman–Crippen LogP) is 2.80. The molecule has 1 aromatic heterocycles. The third kappa shape index (κ3) is 2.29. The Kier molecular flexibility index (Phi) is 3.77. The maximum Gasteiger partial charge on any atom is 0.164 e. The highest BCUT2D eigenvalue weighted by molar-refractivity contribution is 5.34. The lowest BCUT2D eigenvalue weighted by atomic mass is 9.96. The molecule has 96 valence electrons. The SMILES string of the molecule is CCCC(F)(CN)c1ccnn1-c1ccccc1. The first kappa shape index (κ1) is 12.8. The second-order valence-corrected chi connectivity index (χ2v) is 4.38. The van der Waals surface area contributed by atoms with Crippen molar-refractivity contribution in [2.75, 3.05) is 6.54 Å². The van der Waals surface area contributed by atoms with Gasteiger partial charge in [-0.25, -0.2) is 9.07 Å². The van der Waals surface area contributed by atoms with E-state index in [0.717, 1.165) is 12.1 Å². The normalized spacial score (nSPS) is 14.4. The monoisotopic (exact) mass is 247 g/mol. The molecular weight excluding hydrogens is 229 g/mol. The van der Waals surface area contributed by atoms with Gasteiger partial charge in [0, 0.05) is 12.7 Å². The van der Waals surface area contributed by atoms with Gasteiger partial charge in [-0.2, -0.15) is 5.10 Å². The Morgan fingerprint density at radius 2 is 2.00 bits per heavy atom. The molecule has 1 atom stereocenters. The number of halogens is 1. The summed E-state index contributed by atoms with van der Waals surface area (Å²) in [5.74, 6) is 0. The summed E-state index contributed by atoms with van der Waals surface area (Å²) in [7, 11) is 0. The molecule has 1 aromatic carbocycles. The summed E-state index contributed by atoms with van der Waals surface area (Å²) in [6.45, 7) is 1.92. The average molecular weight is 247 g/mol. The zero-order valence-corrected chi connectivity index (χ0v) is 10.5. The molecule has 3 nitrogen and oxygen atoms in total. The molecule has 0 aliphatic carbocycles. The summed E-state index contributed by atoms with van der Waals surface area (Å²) >= 11 is 0. The Balaban J connectivity index is 2.44. The molecule has 1 heterocycles. The summed E-state index contributed by atoms with van der Waals surface area (Å²) < 4.78 is 16.5. The number of hydrogen-bond donors (Lipinski definition) is 1. The molecule has 0 saturated carbocycles. The molecule has 2 aromatic rings. The van der Waals surface area contributed by atoms with Crippen molar-refractivity contribution in [2.24, 2.45) is 5.73 Å². The summed E-state index contributed by atoms with van der Waals surface area (Å²) in [4.78, 5) is 0. The topological polar surface area (TPSA) is 43.8 Å². The average Bonchev–Trinajstić information content (AvgIpc) is 2.90. The number of benzene rings is 1. The van der Waals surface area contributed by atoms with Crippen LogP contribution in [0.1, 0.15) is 25.5 Å². The number of rotatable bonds is 5. The van der Waals surface area contributed by atoms with Gasteiger partial charge in [-0.1, -0.05) is 31.5 Å². The Bertz CT molecular complexity index is 495. The van der Waals surface area contributed by atoms with E-state index in [0.29, 0.717) is 12.1 Å². The lowest BCUT2D eigenvalue weighted by Crippen LogP contribution is -2.32. The fraction of sp³-hybridized carbons (Fsp3) is 0.357. The molecule has 0 aliphatic heterocycles. The van der Waals surface area contributed by atoms with E-state index in [1.165, 1.54) is 0 Å². The lowest BCUT2D eigenvalue weighted by Gasteiger charge is -2.24. The summed E-state index contributed by atoms with van der Waals surface area (Å²) in [5.41, 5.74) is 5.48. The molecule has 2 N–H and O–H groups in total. The first-order valence-electron chi connectivity index (χ1n) is 6.20. The molecule has 0 amide bonds. The predicted molar refractivity (Wildman–Crippen MR) is 70.3 cm³/mol. The van der Waals surface area contributed by atoms with Crippen molar-refractivity contribution in [1.82, 2.24) is 9.78 Å². The second-order valence-electron chi connectivity index (χ2n) is 4.38. The highest BCUT2D eigenvalue weighted by Crippen LogP contribution is 2.31. The van der Waals surface area contributed by atoms with E-state index in [2.05, 4.69) is 5.10 Å². The molecule has 0 bridgehead atoms. The first-order valence-corrected chi connectivity index (χ1v) is 6.20. The van der Waals surface area contributed by atoms with Crippen molar-refractivity contribution in [3.63, 3.8) is 0 Å². The van der Waals surface area contributed by atoms with Gasteiger partial charge in [0.1, 0.15) is 0 Å². The van der Waals surface area contributed by atoms with Gasteiger partial charge in [-0.05, 0) is 24.6 Å². The molecule has 4 heteroatoms. The maximum atomic E-state index is 14.8. The van der Waals surface area contributed by atoms with Gasteiger partial charge < -0.3 is 5.73 Å². The largest absolute Gasteiger partial charge is 0.327 e. The maximum absolute atomic E-state index is 14.8. The zero-order valence-electron chi connectivity index (χ0n) is 10.5. The molecule has 0 spiro atoms. The number of hydrogen-bond acceptors (Lipinski definition) is 2. The van der Waals surface area contributed by atoms with E-state index < -0.39 is 5.67 Å². The summed E-state index contributed by atoms with van der Waals surface area (Å²) in [6.07, 6.45) is 2.76. The van der Waals surface area contributed by atoms with E-state index >= 15 is 0 Å². The fourth-order valence-electron chi connectivity index (χ4n) is 2.15. The van der Waals surface area contributed by atoms with Crippen LogP contribution < -0.4 is 5.73 Å². The lowest BCUT2D eigenvalue weighted by molar-refractivity contribution is 0.149. The van der Waals surface area contributed by atoms with Crippen molar-refractivity contribution in [3.05, 3.63) is 48.3 Å². The van der Waals surface area contributed by atoms with Crippen LogP contribution >= 0.6 is 0 Å². The number of para-hydroxylation sites is 1. The van der Waals surface area contributed by atoms with Crippen molar-refractivity contribution < 1.29 is 4.39 Å². The Morgan fingerprint density at radius 1 is 1.28 bits per heavy atom. The number of nitrogens with zero attached hydrogens (tertiary/aromatic N) is 2. The third-order valence-electron chi connectivity index (χ3n) is 3.07. The van der Waals surface area contributed by atoms with Crippen LogP contribution in [0.5, 0.6) is 0 Å². The Morgan fingerprint density at radius 3 is 2.61 bits per heavy atom. The van der Waals surface area contributed by atoms with Crippen LogP contribution in [0.15, 0.2) is 42.6 Å². The Labute approximate surface area is 106 Å². The van der Waals surface area contributed by atoms with E-state index in [1.807, 2.05) is 37.3 Å². The van der Waals surface area contributed by atoms with Crippen LogP contribution in [0.4, 0.5) is 4.39 Å². The van der Waals surface area contributed by atoms with E-state index in [9.17, 15) is 4.39 Å². The number of nitrogens with two attached hydrogens (primary N) is 1. The van der Waals surface area contributed by atoms with Crippen molar-refractivity contribution >= 4 is 0 Å². The number of alkyl halides is 1. The molecule has 0 aliphatic rings. The van der Waals surface area contributed by atoms with Crippen LogP contribution in [0, 0.1) is 0 Å². The first-order chi connectivity index (χ1) is 8.71. The zero-order chi connectivity index (χ0) is 13.0. The van der Waals surface area contributed by atoms with Gasteiger partial charge >= 0.3 is 0 Å². The van der Waals surface area contributed by atoms with Gasteiger partial charge in [0.2, 0.25) is 0 Å². The third-order valence-corrected chi connectivity index (χ3v) is 3.07. The molecule has 0 saturated heterocycles. The van der Waals surface area contributed by atoms with E-state index in [-0.39, 0.29) is 6.54 Å². The minimum absolute atomic E-state index is 0.0284. The van der Waals surface area contributed by atoms with Crippen LogP contribution in [0.2, 0.25) is 0 Å². The number of aromatic nitrogens is 2. The molecule has 1 unspecified atom stereocenters. The van der Waals surface area contributed by atoms with Gasteiger partial charge in [0.15, 0.2) is 5.67 Å². The minimum Gasteiger partial charge on any atom is -0.327 e. The molecular formula is C14H18FN3.